The maximum Gasteiger partial charge on any atom is 0.0503 e. The van der Waals surface area contributed by atoms with Gasteiger partial charge in [-0.3, -0.25) is 0 Å². The third-order valence-electron chi connectivity index (χ3n) is 4.59. The van der Waals surface area contributed by atoms with Gasteiger partial charge in [-0.2, -0.15) is 0 Å². The Balaban J connectivity index is 1.64. The molecule has 2 aromatic carbocycles. The highest BCUT2D eigenvalue weighted by molar-refractivity contribution is 5.59. The largest absolute Gasteiger partial charge is 0.383 e. The highest BCUT2D eigenvalue weighted by Crippen LogP contribution is 2.32. The summed E-state index contributed by atoms with van der Waals surface area (Å²) < 4.78 is 0. The van der Waals surface area contributed by atoms with Gasteiger partial charge in [0.1, 0.15) is 0 Å². The highest BCUT2D eigenvalue weighted by Gasteiger charge is 2.27. The van der Waals surface area contributed by atoms with E-state index in [2.05, 4.69) is 58.7 Å². The molecule has 1 N–H and O–H groups in total. The third kappa shape index (κ3) is 1.96. The van der Waals surface area contributed by atoms with Crippen LogP contribution in [0.4, 0.5) is 11.4 Å². The number of nitrogens with one attached hydrogen (secondary N) is 1. The zero-order valence-electron chi connectivity index (χ0n) is 11.7. The Hall–Kier alpha value is -1.96. The molecule has 2 aliphatic rings. The van der Waals surface area contributed by atoms with Gasteiger partial charge in [-0.25, -0.2) is 0 Å². The first-order valence-corrected chi connectivity index (χ1v) is 7.58. The molecule has 1 unspecified atom stereocenters. The minimum atomic E-state index is 0.575. The molecule has 0 saturated carbocycles. The van der Waals surface area contributed by atoms with Crippen LogP contribution in [0.1, 0.15) is 17.5 Å². The van der Waals surface area contributed by atoms with Crippen molar-refractivity contribution in [2.45, 2.75) is 25.3 Å². The number of hydrogen-bond donors (Lipinski definition) is 1. The maximum absolute atomic E-state index is 3.60. The Morgan fingerprint density at radius 3 is 2.70 bits per heavy atom. The maximum atomic E-state index is 3.60. The molecule has 0 radical (unpaired) electrons. The van der Waals surface area contributed by atoms with Gasteiger partial charge >= 0.3 is 0 Å². The van der Waals surface area contributed by atoms with Crippen molar-refractivity contribution in [2.24, 2.45) is 0 Å². The lowest BCUT2D eigenvalue weighted by Gasteiger charge is -2.40. The molecular formula is C18H20N2. The van der Waals surface area contributed by atoms with Crippen molar-refractivity contribution in [3.63, 3.8) is 0 Å². The fourth-order valence-electron chi connectivity index (χ4n) is 3.59. The Kier molecular flexibility index (Phi) is 2.87. The van der Waals surface area contributed by atoms with E-state index >= 15 is 0 Å². The summed E-state index contributed by atoms with van der Waals surface area (Å²) in [5.74, 6) is 0. The summed E-state index contributed by atoms with van der Waals surface area (Å²) in [6.45, 7) is 2.23. The summed E-state index contributed by atoms with van der Waals surface area (Å²) in [5, 5.41) is 3.60. The summed E-state index contributed by atoms with van der Waals surface area (Å²) in [5.41, 5.74) is 5.73. The first-order chi connectivity index (χ1) is 9.92. The van der Waals surface area contributed by atoms with Crippen LogP contribution in [0, 0.1) is 0 Å². The van der Waals surface area contributed by atoms with Gasteiger partial charge in [0.2, 0.25) is 0 Å². The zero-order valence-corrected chi connectivity index (χ0v) is 11.7. The molecule has 2 heteroatoms. The number of para-hydroxylation sites is 2. The van der Waals surface area contributed by atoms with Gasteiger partial charge in [0.05, 0.1) is 6.04 Å². The van der Waals surface area contributed by atoms with Crippen molar-refractivity contribution >= 4 is 11.4 Å². The van der Waals surface area contributed by atoms with Crippen LogP contribution in [-0.2, 0) is 12.8 Å². The molecule has 4 rings (SSSR count). The predicted octanol–water partition coefficient (Wildman–Crippen LogP) is 3.48. The van der Waals surface area contributed by atoms with Crippen molar-refractivity contribution in [3.8, 4) is 0 Å². The molecule has 0 amide bonds. The lowest BCUT2D eigenvalue weighted by atomic mass is 9.94. The van der Waals surface area contributed by atoms with E-state index in [0.29, 0.717) is 6.04 Å². The molecule has 0 fully saturated rings. The monoisotopic (exact) mass is 264 g/mol. The summed E-state index contributed by atoms with van der Waals surface area (Å²) in [6, 6.07) is 18.2. The Labute approximate surface area is 120 Å². The average Bonchev–Trinajstić information content (AvgIpc) is 2.54. The van der Waals surface area contributed by atoms with Crippen molar-refractivity contribution in [1.82, 2.24) is 0 Å². The second kappa shape index (κ2) is 4.86. The minimum absolute atomic E-state index is 0.575. The normalized spacial score (nSPS) is 20.8. The number of hydrogen-bond acceptors (Lipinski definition) is 2. The van der Waals surface area contributed by atoms with Crippen molar-refractivity contribution in [1.29, 1.82) is 0 Å². The lowest BCUT2D eigenvalue weighted by molar-refractivity contribution is 0.563. The van der Waals surface area contributed by atoms with Crippen LogP contribution in [0.5, 0.6) is 0 Å². The van der Waals surface area contributed by atoms with E-state index in [0.717, 1.165) is 13.0 Å². The van der Waals surface area contributed by atoms with Gasteiger partial charge in [0.25, 0.3) is 0 Å². The van der Waals surface area contributed by atoms with Gasteiger partial charge in [0, 0.05) is 24.5 Å². The molecule has 0 spiro atoms. The second-order valence-corrected chi connectivity index (χ2v) is 5.82. The average molecular weight is 264 g/mol. The van der Waals surface area contributed by atoms with E-state index in [1.165, 1.54) is 41.9 Å². The molecule has 0 aliphatic carbocycles. The number of benzene rings is 2. The van der Waals surface area contributed by atoms with Crippen molar-refractivity contribution < 1.29 is 0 Å². The molecule has 0 bridgehead atoms. The Morgan fingerprint density at radius 1 is 0.950 bits per heavy atom. The molecular weight excluding hydrogens is 244 g/mol. The van der Waals surface area contributed by atoms with E-state index in [1.54, 1.807) is 0 Å². The van der Waals surface area contributed by atoms with Gasteiger partial charge in [-0.1, -0.05) is 36.4 Å². The van der Waals surface area contributed by atoms with Crippen LogP contribution in [0.25, 0.3) is 0 Å². The summed E-state index contributed by atoms with van der Waals surface area (Å²) in [7, 11) is 0. The smallest absolute Gasteiger partial charge is 0.0503 e. The molecule has 2 aromatic rings. The molecule has 1 atom stereocenters. The third-order valence-corrected chi connectivity index (χ3v) is 4.59. The SMILES string of the molecule is c1ccc2c(c1)CC(N1CCCc3ccccc31)CN2. The van der Waals surface area contributed by atoms with Crippen LogP contribution >= 0.6 is 0 Å². The second-order valence-electron chi connectivity index (χ2n) is 5.82. The van der Waals surface area contributed by atoms with Crippen molar-refractivity contribution in [2.75, 3.05) is 23.3 Å². The molecule has 0 saturated heterocycles. The fraction of sp³-hybridized carbons (Fsp3) is 0.333. The number of aryl methyl sites for hydroxylation is 1. The van der Waals surface area contributed by atoms with Gasteiger partial charge in [-0.15, -0.1) is 0 Å². The standard InChI is InChI=1S/C18H20N2/c1-3-9-17-15(7-1)12-16(13-19-17)20-11-5-8-14-6-2-4-10-18(14)20/h1-4,6-7,9-10,16,19H,5,8,11-13H2. The van der Waals surface area contributed by atoms with Crippen LogP contribution < -0.4 is 10.2 Å². The van der Waals surface area contributed by atoms with Gasteiger partial charge in [-0.05, 0) is 42.5 Å². The summed E-state index contributed by atoms with van der Waals surface area (Å²) in [4.78, 5) is 2.61. The van der Waals surface area contributed by atoms with E-state index in [4.69, 9.17) is 0 Å². The quantitative estimate of drug-likeness (QED) is 0.848. The predicted molar refractivity (Wildman–Crippen MR) is 84.5 cm³/mol. The lowest BCUT2D eigenvalue weighted by Crippen LogP contribution is -2.46. The van der Waals surface area contributed by atoms with E-state index in [-0.39, 0.29) is 0 Å². The summed E-state index contributed by atoms with van der Waals surface area (Å²) in [6.07, 6.45) is 3.65. The molecule has 2 nitrogen and oxygen atoms in total. The minimum Gasteiger partial charge on any atom is -0.383 e. The Morgan fingerprint density at radius 2 is 1.75 bits per heavy atom. The topological polar surface area (TPSA) is 15.3 Å². The first kappa shape index (κ1) is 11.8. The van der Waals surface area contributed by atoms with Crippen LogP contribution in [0.15, 0.2) is 48.5 Å². The molecule has 20 heavy (non-hydrogen) atoms. The number of nitrogens with zero attached hydrogens (tertiary/aromatic N) is 1. The van der Waals surface area contributed by atoms with E-state index in [9.17, 15) is 0 Å². The molecule has 2 aliphatic heterocycles. The van der Waals surface area contributed by atoms with Crippen LogP contribution in [0.3, 0.4) is 0 Å². The first-order valence-electron chi connectivity index (χ1n) is 7.58. The van der Waals surface area contributed by atoms with E-state index in [1.807, 2.05) is 0 Å². The highest BCUT2D eigenvalue weighted by atomic mass is 15.2. The number of anilines is 2. The molecule has 102 valence electrons. The van der Waals surface area contributed by atoms with Crippen molar-refractivity contribution in [3.05, 3.63) is 59.7 Å². The zero-order chi connectivity index (χ0) is 13.4. The Bertz CT molecular complexity index is 620. The fourth-order valence-corrected chi connectivity index (χ4v) is 3.59. The number of rotatable bonds is 1. The molecule has 2 heterocycles. The van der Waals surface area contributed by atoms with E-state index < -0.39 is 0 Å². The summed E-state index contributed by atoms with van der Waals surface area (Å²) >= 11 is 0. The van der Waals surface area contributed by atoms with Crippen LogP contribution in [-0.4, -0.2) is 19.1 Å². The van der Waals surface area contributed by atoms with Gasteiger partial charge in [0.15, 0.2) is 0 Å². The number of fused-ring (bicyclic) bond motifs is 2. The van der Waals surface area contributed by atoms with Crippen LogP contribution in [0.2, 0.25) is 0 Å². The van der Waals surface area contributed by atoms with Gasteiger partial charge < -0.3 is 10.2 Å². The molecule has 0 aromatic heterocycles.